The van der Waals surface area contributed by atoms with Crippen molar-refractivity contribution in [3.63, 3.8) is 0 Å². The largest absolute Gasteiger partial charge is 0.356 e. The summed E-state index contributed by atoms with van der Waals surface area (Å²) in [6, 6.07) is 0. The zero-order valence-electron chi connectivity index (χ0n) is 9.35. The third kappa shape index (κ3) is 4.12. The monoisotopic (exact) mass is 197 g/mol. The first-order valence-electron chi connectivity index (χ1n) is 6.12. The Morgan fingerprint density at radius 3 is 2.50 bits per heavy atom. The normalized spacial score (nSPS) is 16.4. The molecule has 1 rings (SSSR count). The number of hydrogen-bond donors (Lipinski definition) is 1. The summed E-state index contributed by atoms with van der Waals surface area (Å²) >= 11 is 0. The number of unbranched alkanes of at least 4 members (excludes halogenated alkanes) is 4. The Balaban J connectivity index is 1.85. The number of nitrogens with one attached hydrogen (secondary N) is 1. The Hall–Kier alpha value is -0.530. The molecule has 0 aromatic carbocycles. The maximum absolute atomic E-state index is 11.4. The predicted octanol–water partition coefficient (Wildman–Crippen LogP) is 2.87. The minimum Gasteiger partial charge on any atom is -0.356 e. The summed E-state index contributed by atoms with van der Waals surface area (Å²) in [6.45, 7) is 3.11. The van der Waals surface area contributed by atoms with Crippen LogP contribution in [0.2, 0.25) is 0 Å². The summed E-state index contributed by atoms with van der Waals surface area (Å²) < 4.78 is 0. The van der Waals surface area contributed by atoms with Crippen molar-refractivity contribution in [3.05, 3.63) is 0 Å². The van der Waals surface area contributed by atoms with Crippen LogP contribution in [-0.2, 0) is 4.79 Å². The van der Waals surface area contributed by atoms with Gasteiger partial charge in [-0.1, -0.05) is 39.0 Å². The van der Waals surface area contributed by atoms with Gasteiger partial charge < -0.3 is 5.32 Å². The van der Waals surface area contributed by atoms with E-state index in [4.69, 9.17) is 0 Å². The van der Waals surface area contributed by atoms with E-state index in [9.17, 15) is 4.79 Å². The molecule has 14 heavy (non-hydrogen) atoms. The molecule has 0 saturated heterocycles. The fraction of sp³-hybridized carbons (Fsp3) is 0.917. The quantitative estimate of drug-likeness (QED) is 0.625. The molecule has 0 spiro atoms. The summed E-state index contributed by atoms with van der Waals surface area (Å²) in [4.78, 5) is 11.4. The highest BCUT2D eigenvalue weighted by Crippen LogP contribution is 2.26. The van der Waals surface area contributed by atoms with Gasteiger partial charge in [0.15, 0.2) is 0 Å². The van der Waals surface area contributed by atoms with E-state index >= 15 is 0 Å². The number of carbonyl (C=O) groups is 1. The molecule has 0 aromatic rings. The maximum atomic E-state index is 11.4. The van der Waals surface area contributed by atoms with Gasteiger partial charge in [0.25, 0.3) is 0 Å². The van der Waals surface area contributed by atoms with Crippen LogP contribution < -0.4 is 5.32 Å². The Morgan fingerprint density at radius 2 is 1.93 bits per heavy atom. The van der Waals surface area contributed by atoms with Crippen LogP contribution in [0.5, 0.6) is 0 Å². The minimum absolute atomic E-state index is 0.298. The molecule has 82 valence electrons. The second-order valence-electron chi connectivity index (χ2n) is 4.33. The number of carbonyl (C=O) groups excluding carboxylic acids is 1. The van der Waals surface area contributed by atoms with Crippen molar-refractivity contribution in [2.45, 2.75) is 58.3 Å². The second-order valence-corrected chi connectivity index (χ2v) is 4.33. The van der Waals surface area contributed by atoms with Gasteiger partial charge in [0.05, 0.1) is 0 Å². The summed E-state index contributed by atoms with van der Waals surface area (Å²) in [5, 5.41) is 3.02. The molecule has 1 saturated carbocycles. The summed E-state index contributed by atoms with van der Waals surface area (Å²) in [7, 11) is 0. The maximum Gasteiger partial charge on any atom is 0.223 e. The van der Waals surface area contributed by atoms with Crippen molar-refractivity contribution in [2.75, 3.05) is 6.54 Å². The molecule has 2 nitrogen and oxygen atoms in total. The van der Waals surface area contributed by atoms with E-state index in [1.165, 1.54) is 32.1 Å². The average molecular weight is 197 g/mol. The fourth-order valence-corrected chi connectivity index (χ4v) is 1.75. The van der Waals surface area contributed by atoms with Gasteiger partial charge in [0.1, 0.15) is 0 Å². The molecule has 0 unspecified atom stereocenters. The lowest BCUT2D eigenvalue weighted by Gasteiger charge is -2.23. The highest BCUT2D eigenvalue weighted by Gasteiger charge is 2.24. The van der Waals surface area contributed by atoms with Crippen molar-refractivity contribution in [1.82, 2.24) is 5.32 Å². The average Bonchev–Trinajstić information content (AvgIpc) is 2.08. The molecule has 0 bridgehead atoms. The Bertz CT molecular complexity index is 164. The molecule has 1 amide bonds. The van der Waals surface area contributed by atoms with Crippen LogP contribution in [0.25, 0.3) is 0 Å². The first kappa shape index (κ1) is 11.5. The lowest BCUT2D eigenvalue weighted by Crippen LogP contribution is -2.34. The van der Waals surface area contributed by atoms with Crippen molar-refractivity contribution in [1.29, 1.82) is 0 Å². The Kier molecular flexibility index (Phi) is 5.65. The van der Waals surface area contributed by atoms with Gasteiger partial charge in [-0.25, -0.2) is 0 Å². The third-order valence-electron chi connectivity index (χ3n) is 3.06. The molecule has 0 heterocycles. The topological polar surface area (TPSA) is 29.1 Å². The zero-order chi connectivity index (χ0) is 10.2. The van der Waals surface area contributed by atoms with Crippen LogP contribution in [0.1, 0.15) is 58.3 Å². The first-order chi connectivity index (χ1) is 6.84. The summed E-state index contributed by atoms with van der Waals surface area (Å²) in [6.07, 6.45) is 9.82. The Labute approximate surface area is 87.5 Å². The number of hydrogen-bond acceptors (Lipinski definition) is 1. The van der Waals surface area contributed by atoms with E-state index < -0.39 is 0 Å². The van der Waals surface area contributed by atoms with Crippen molar-refractivity contribution in [3.8, 4) is 0 Å². The van der Waals surface area contributed by atoms with Crippen LogP contribution in [0.3, 0.4) is 0 Å². The minimum atomic E-state index is 0.298. The molecule has 1 fully saturated rings. The molecule has 0 atom stereocenters. The van der Waals surface area contributed by atoms with E-state index in [1.54, 1.807) is 0 Å². The molecular formula is C12H23NO. The first-order valence-corrected chi connectivity index (χ1v) is 6.12. The molecule has 0 radical (unpaired) electrons. The highest BCUT2D eigenvalue weighted by molar-refractivity contribution is 5.79. The van der Waals surface area contributed by atoms with Gasteiger partial charge in [-0.3, -0.25) is 4.79 Å². The van der Waals surface area contributed by atoms with Crippen LogP contribution in [0.4, 0.5) is 0 Å². The van der Waals surface area contributed by atoms with Gasteiger partial charge >= 0.3 is 0 Å². The molecule has 1 aliphatic rings. The van der Waals surface area contributed by atoms with Crippen LogP contribution in [-0.4, -0.2) is 12.5 Å². The smallest absolute Gasteiger partial charge is 0.223 e. The van der Waals surface area contributed by atoms with Gasteiger partial charge in [0.2, 0.25) is 5.91 Å². The zero-order valence-corrected chi connectivity index (χ0v) is 9.35. The van der Waals surface area contributed by atoms with Crippen LogP contribution in [0, 0.1) is 5.92 Å². The van der Waals surface area contributed by atoms with Crippen molar-refractivity contribution in [2.24, 2.45) is 5.92 Å². The van der Waals surface area contributed by atoms with Gasteiger partial charge in [-0.15, -0.1) is 0 Å². The lowest BCUT2D eigenvalue weighted by atomic mass is 9.85. The number of rotatable bonds is 7. The van der Waals surface area contributed by atoms with Gasteiger partial charge in [0, 0.05) is 12.5 Å². The van der Waals surface area contributed by atoms with Crippen LogP contribution in [0.15, 0.2) is 0 Å². The molecule has 1 N–H and O–H groups in total. The molecule has 0 aliphatic heterocycles. The molecular weight excluding hydrogens is 174 g/mol. The highest BCUT2D eigenvalue weighted by atomic mass is 16.1. The third-order valence-corrected chi connectivity index (χ3v) is 3.06. The summed E-state index contributed by atoms with van der Waals surface area (Å²) in [5.41, 5.74) is 0. The van der Waals surface area contributed by atoms with Crippen molar-refractivity contribution >= 4 is 5.91 Å². The fourth-order valence-electron chi connectivity index (χ4n) is 1.75. The van der Waals surface area contributed by atoms with E-state index in [2.05, 4.69) is 12.2 Å². The number of amides is 1. The molecule has 2 heteroatoms. The molecule has 1 aliphatic carbocycles. The molecule has 0 aromatic heterocycles. The van der Waals surface area contributed by atoms with E-state index in [0.717, 1.165) is 25.8 Å². The standard InChI is InChI=1S/C12H23NO/c1-2-3-4-5-6-10-13-12(14)11-8-7-9-11/h11H,2-10H2,1H3,(H,13,14). The van der Waals surface area contributed by atoms with E-state index in [0.29, 0.717) is 11.8 Å². The Morgan fingerprint density at radius 1 is 1.21 bits per heavy atom. The lowest BCUT2D eigenvalue weighted by molar-refractivity contribution is -0.127. The van der Waals surface area contributed by atoms with E-state index in [-0.39, 0.29) is 0 Å². The van der Waals surface area contributed by atoms with Crippen LogP contribution >= 0.6 is 0 Å². The van der Waals surface area contributed by atoms with Gasteiger partial charge in [-0.05, 0) is 19.3 Å². The second kappa shape index (κ2) is 6.86. The van der Waals surface area contributed by atoms with Crippen molar-refractivity contribution < 1.29 is 4.79 Å². The predicted molar refractivity (Wildman–Crippen MR) is 59.1 cm³/mol. The summed E-state index contributed by atoms with van der Waals surface area (Å²) in [5.74, 6) is 0.650. The van der Waals surface area contributed by atoms with E-state index in [1.807, 2.05) is 0 Å². The van der Waals surface area contributed by atoms with Gasteiger partial charge in [-0.2, -0.15) is 0 Å². The SMILES string of the molecule is CCCCCCCNC(=O)C1CCC1.